The van der Waals surface area contributed by atoms with Crippen LogP contribution in [0.4, 0.5) is 5.69 Å². The summed E-state index contributed by atoms with van der Waals surface area (Å²) in [5, 5.41) is 22.6. The minimum absolute atomic E-state index is 0.0740. The van der Waals surface area contributed by atoms with E-state index in [9.17, 15) is 19.8 Å². The Morgan fingerprint density at radius 2 is 1.79 bits per heavy atom. The minimum atomic E-state index is -0.967. The molecule has 0 saturated carbocycles. The standard InChI is InChI=1S/C26H19BrN2O5/c1-34-21-11-10-14(12-17(21)27)24(31)22-23(16-13-28-18-7-3-2-6-15(16)18)29(26(33)25(22)32)19-8-4-5-9-20(19)30/h2-13,23,28,30-31H,1H3/b24-22+. The van der Waals surface area contributed by atoms with Crippen LogP contribution in [0.3, 0.4) is 0 Å². The largest absolute Gasteiger partial charge is 0.507 e. The van der Waals surface area contributed by atoms with Crippen molar-refractivity contribution in [3.8, 4) is 11.5 Å². The second kappa shape index (κ2) is 8.39. The van der Waals surface area contributed by atoms with E-state index in [1.165, 1.54) is 18.1 Å². The van der Waals surface area contributed by atoms with Crippen molar-refractivity contribution >= 4 is 50.0 Å². The number of ketones is 1. The van der Waals surface area contributed by atoms with E-state index in [1.807, 2.05) is 24.3 Å². The topological polar surface area (TPSA) is 103 Å². The number of aliphatic hydroxyl groups excluding tert-OH is 1. The van der Waals surface area contributed by atoms with E-state index < -0.39 is 17.7 Å². The maximum atomic E-state index is 13.3. The molecule has 2 heterocycles. The fourth-order valence-electron chi connectivity index (χ4n) is 4.33. The number of hydrogen-bond donors (Lipinski definition) is 3. The Labute approximate surface area is 203 Å². The van der Waals surface area contributed by atoms with Gasteiger partial charge >= 0.3 is 0 Å². The van der Waals surface area contributed by atoms with Crippen molar-refractivity contribution in [2.45, 2.75) is 6.04 Å². The van der Waals surface area contributed by atoms with Gasteiger partial charge in [0.1, 0.15) is 17.3 Å². The highest BCUT2D eigenvalue weighted by molar-refractivity contribution is 9.10. The summed E-state index contributed by atoms with van der Waals surface area (Å²) in [5.74, 6) is -1.61. The van der Waals surface area contributed by atoms with Crippen LogP contribution in [0.2, 0.25) is 0 Å². The van der Waals surface area contributed by atoms with Crippen LogP contribution in [0.25, 0.3) is 16.7 Å². The highest BCUT2D eigenvalue weighted by Gasteiger charge is 2.48. The molecule has 0 bridgehead atoms. The van der Waals surface area contributed by atoms with Crippen LogP contribution in [0.15, 0.2) is 83.0 Å². The van der Waals surface area contributed by atoms with Gasteiger partial charge in [0.25, 0.3) is 11.7 Å². The van der Waals surface area contributed by atoms with E-state index in [0.717, 1.165) is 10.9 Å². The van der Waals surface area contributed by atoms with Crippen molar-refractivity contribution < 1.29 is 24.5 Å². The molecule has 1 unspecified atom stereocenters. The number of nitrogens with zero attached hydrogens (tertiary/aromatic N) is 1. The summed E-state index contributed by atoms with van der Waals surface area (Å²) in [6.45, 7) is 0. The predicted molar refractivity (Wildman–Crippen MR) is 132 cm³/mol. The fraction of sp³-hybridized carbons (Fsp3) is 0.0769. The number of methoxy groups -OCH3 is 1. The van der Waals surface area contributed by atoms with Crippen molar-refractivity contribution in [1.82, 2.24) is 4.98 Å². The average Bonchev–Trinajstić information content (AvgIpc) is 3.37. The molecule has 0 radical (unpaired) electrons. The molecule has 1 aliphatic rings. The second-order valence-electron chi connectivity index (χ2n) is 7.80. The molecule has 1 saturated heterocycles. The quantitative estimate of drug-likeness (QED) is 0.194. The molecule has 4 aromatic rings. The number of fused-ring (bicyclic) bond motifs is 1. The van der Waals surface area contributed by atoms with E-state index in [0.29, 0.717) is 21.3 Å². The first kappa shape index (κ1) is 21.8. The Hall–Kier alpha value is -4.04. The lowest BCUT2D eigenvalue weighted by atomic mass is 9.94. The molecule has 3 N–H and O–H groups in total. The number of rotatable bonds is 4. The zero-order valence-corrected chi connectivity index (χ0v) is 19.5. The number of amides is 1. The molecule has 3 aromatic carbocycles. The van der Waals surface area contributed by atoms with E-state index >= 15 is 0 Å². The number of aromatic nitrogens is 1. The van der Waals surface area contributed by atoms with Gasteiger partial charge in [0.05, 0.1) is 28.9 Å². The van der Waals surface area contributed by atoms with Gasteiger partial charge in [-0.2, -0.15) is 0 Å². The number of benzene rings is 3. The lowest BCUT2D eigenvalue weighted by Gasteiger charge is -2.25. The summed E-state index contributed by atoms with van der Waals surface area (Å²) in [7, 11) is 1.52. The number of ether oxygens (including phenoxy) is 1. The van der Waals surface area contributed by atoms with Gasteiger partial charge in [-0.3, -0.25) is 14.5 Å². The number of anilines is 1. The molecule has 1 fully saturated rings. The number of Topliss-reactive ketones (excluding diaryl/α,β-unsaturated/α-hetero) is 1. The molecule has 0 spiro atoms. The van der Waals surface area contributed by atoms with E-state index in [2.05, 4.69) is 20.9 Å². The third kappa shape index (κ3) is 3.34. The Morgan fingerprint density at radius 3 is 2.53 bits per heavy atom. The maximum absolute atomic E-state index is 13.3. The van der Waals surface area contributed by atoms with Gasteiger partial charge < -0.3 is 19.9 Å². The molecule has 5 rings (SSSR count). The van der Waals surface area contributed by atoms with Crippen LogP contribution >= 0.6 is 15.9 Å². The third-order valence-corrected chi connectivity index (χ3v) is 6.55. The number of aromatic amines is 1. The second-order valence-corrected chi connectivity index (χ2v) is 8.65. The Kier molecular flexibility index (Phi) is 5.37. The van der Waals surface area contributed by atoms with Crippen LogP contribution in [-0.2, 0) is 9.59 Å². The lowest BCUT2D eigenvalue weighted by molar-refractivity contribution is -0.132. The van der Waals surface area contributed by atoms with Crippen molar-refractivity contribution in [3.63, 3.8) is 0 Å². The Bertz CT molecular complexity index is 1490. The Balaban J connectivity index is 1.79. The number of carbonyl (C=O) groups is 2. The first-order valence-electron chi connectivity index (χ1n) is 10.4. The summed E-state index contributed by atoms with van der Waals surface area (Å²) in [6, 6.07) is 17.7. The van der Waals surface area contributed by atoms with E-state index in [4.69, 9.17) is 4.74 Å². The predicted octanol–water partition coefficient (Wildman–Crippen LogP) is 5.27. The smallest absolute Gasteiger partial charge is 0.300 e. The summed E-state index contributed by atoms with van der Waals surface area (Å²) < 4.78 is 5.84. The number of H-pyrrole nitrogens is 1. The molecule has 7 nitrogen and oxygen atoms in total. The highest BCUT2D eigenvalue weighted by Crippen LogP contribution is 2.46. The van der Waals surface area contributed by atoms with Gasteiger partial charge in [0.15, 0.2) is 0 Å². The van der Waals surface area contributed by atoms with Crippen LogP contribution < -0.4 is 9.64 Å². The lowest BCUT2D eigenvalue weighted by Crippen LogP contribution is -2.29. The normalized spacial score (nSPS) is 17.5. The van der Waals surface area contributed by atoms with Gasteiger partial charge in [0, 0.05) is 28.2 Å². The first-order chi connectivity index (χ1) is 16.4. The maximum Gasteiger partial charge on any atom is 0.300 e. The number of carbonyl (C=O) groups excluding carboxylic acids is 2. The van der Waals surface area contributed by atoms with Crippen LogP contribution in [0.5, 0.6) is 11.5 Å². The molecule has 34 heavy (non-hydrogen) atoms. The summed E-state index contributed by atoms with van der Waals surface area (Å²) >= 11 is 3.40. The minimum Gasteiger partial charge on any atom is -0.507 e. The number of phenols is 1. The van der Waals surface area contributed by atoms with Gasteiger partial charge in [0.2, 0.25) is 0 Å². The monoisotopic (exact) mass is 518 g/mol. The van der Waals surface area contributed by atoms with Gasteiger partial charge in [-0.25, -0.2) is 0 Å². The molecule has 1 atom stereocenters. The SMILES string of the molecule is COc1ccc(/C(O)=C2\C(=O)C(=O)N(c3ccccc3O)C2c2c[nH]c3ccccc23)cc1Br. The summed E-state index contributed by atoms with van der Waals surface area (Å²) in [6.07, 6.45) is 1.71. The number of nitrogens with one attached hydrogen (secondary N) is 1. The van der Waals surface area contributed by atoms with Crippen molar-refractivity contribution in [2.24, 2.45) is 0 Å². The fourth-order valence-corrected chi connectivity index (χ4v) is 4.87. The summed E-state index contributed by atoms with van der Waals surface area (Å²) in [4.78, 5) is 31.0. The molecule has 1 aliphatic heterocycles. The van der Waals surface area contributed by atoms with Crippen LogP contribution in [0, 0.1) is 0 Å². The molecular weight excluding hydrogens is 500 g/mol. The van der Waals surface area contributed by atoms with Crippen molar-refractivity contribution in [2.75, 3.05) is 12.0 Å². The molecule has 1 aromatic heterocycles. The van der Waals surface area contributed by atoms with Crippen LogP contribution in [-0.4, -0.2) is 34.0 Å². The number of phenolic OH excluding ortho intramolecular Hbond substituents is 1. The average molecular weight is 519 g/mol. The van der Waals surface area contributed by atoms with Gasteiger partial charge in [-0.15, -0.1) is 0 Å². The molecule has 1 amide bonds. The number of para-hydroxylation sites is 3. The van der Waals surface area contributed by atoms with Gasteiger partial charge in [-0.05, 0) is 52.3 Å². The highest BCUT2D eigenvalue weighted by atomic mass is 79.9. The molecule has 170 valence electrons. The number of hydrogen-bond acceptors (Lipinski definition) is 5. The first-order valence-corrected chi connectivity index (χ1v) is 11.2. The van der Waals surface area contributed by atoms with Crippen LogP contribution in [0.1, 0.15) is 17.2 Å². The van der Waals surface area contributed by atoms with Gasteiger partial charge in [-0.1, -0.05) is 30.3 Å². The third-order valence-electron chi connectivity index (χ3n) is 5.93. The van der Waals surface area contributed by atoms with E-state index in [1.54, 1.807) is 42.6 Å². The molecule has 8 heteroatoms. The molecular formula is C26H19BrN2O5. The van der Waals surface area contributed by atoms with Crippen molar-refractivity contribution in [1.29, 1.82) is 0 Å². The zero-order valence-electron chi connectivity index (χ0n) is 17.9. The summed E-state index contributed by atoms with van der Waals surface area (Å²) in [5.41, 5.74) is 1.87. The van der Waals surface area contributed by atoms with Crippen molar-refractivity contribution in [3.05, 3.63) is 94.1 Å². The number of aliphatic hydroxyl groups is 1. The van der Waals surface area contributed by atoms with E-state index in [-0.39, 0.29) is 22.8 Å². The number of halogens is 1. The number of aromatic hydroxyl groups is 1. The zero-order chi connectivity index (χ0) is 24.0. The molecule has 0 aliphatic carbocycles. The Morgan fingerprint density at radius 1 is 1.06 bits per heavy atom.